The van der Waals surface area contributed by atoms with Gasteiger partial charge in [0.25, 0.3) is 0 Å². The van der Waals surface area contributed by atoms with E-state index in [-0.39, 0.29) is 29.9 Å². The molecule has 1 heterocycles. The molecular weight excluding hydrogens is 391 g/mol. The van der Waals surface area contributed by atoms with Crippen molar-refractivity contribution in [3.8, 4) is 0 Å². The number of hydrogen-bond donors (Lipinski definition) is 2. The first kappa shape index (κ1) is 21.5. The lowest BCUT2D eigenvalue weighted by molar-refractivity contribution is -0.132. The molecule has 0 spiro atoms. The lowest BCUT2D eigenvalue weighted by atomic mass is 10.00. The smallest absolute Gasteiger partial charge is 0.224 e. The van der Waals surface area contributed by atoms with E-state index >= 15 is 0 Å². The van der Waals surface area contributed by atoms with Gasteiger partial charge in [-0.25, -0.2) is 0 Å². The molecule has 0 aromatic carbocycles. The molecule has 1 atom stereocenters. The summed E-state index contributed by atoms with van der Waals surface area (Å²) in [6, 6.07) is 0. The fourth-order valence-corrected chi connectivity index (χ4v) is 2.56. The van der Waals surface area contributed by atoms with Crippen LogP contribution in [-0.2, 0) is 4.79 Å². The van der Waals surface area contributed by atoms with Gasteiger partial charge in [0.2, 0.25) is 5.91 Å². The van der Waals surface area contributed by atoms with Crippen molar-refractivity contribution in [1.82, 2.24) is 15.5 Å². The summed E-state index contributed by atoms with van der Waals surface area (Å²) in [5.74, 6) is 2.36. The second-order valence-electron chi connectivity index (χ2n) is 6.45. The van der Waals surface area contributed by atoms with Crippen molar-refractivity contribution in [1.29, 1.82) is 0 Å². The van der Waals surface area contributed by atoms with Crippen LogP contribution in [0.15, 0.2) is 4.99 Å². The van der Waals surface area contributed by atoms with E-state index in [9.17, 15) is 4.79 Å². The molecule has 1 amide bonds. The number of piperidine rings is 1. The van der Waals surface area contributed by atoms with Crippen molar-refractivity contribution in [3.63, 3.8) is 0 Å². The van der Waals surface area contributed by atoms with E-state index in [1.54, 1.807) is 7.05 Å². The Morgan fingerprint density at radius 1 is 1.32 bits per heavy atom. The third kappa shape index (κ3) is 8.80. The number of aliphatic imine (C=N–C) groups is 1. The van der Waals surface area contributed by atoms with Crippen molar-refractivity contribution >= 4 is 35.8 Å². The van der Waals surface area contributed by atoms with Crippen LogP contribution in [0.25, 0.3) is 0 Å². The van der Waals surface area contributed by atoms with E-state index in [1.807, 2.05) is 4.90 Å². The Hall–Kier alpha value is -0.530. The second kappa shape index (κ2) is 12.0. The van der Waals surface area contributed by atoms with Gasteiger partial charge in [-0.3, -0.25) is 9.79 Å². The quantitative estimate of drug-likeness (QED) is 0.391. The normalized spacial score (nSPS) is 18.9. The van der Waals surface area contributed by atoms with Crippen LogP contribution in [0.5, 0.6) is 0 Å². The average molecular weight is 424 g/mol. The predicted molar refractivity (Wildman–Crippen MR) is 104 cm³/mol. The van der Waals surface area contributed by atoms with E-state index in [0.29, 0.717) is 24.8 Å². The molecule has 1 aliphatic rings. The average Bonchev–Trinajstić information content (AvgIpc) is 2.45. The first-order chi connectivity index (χ1) is 10.0. The molecule has 0 saturated carbocycles. The summed E-state index contributed by atoms with van der Waals surface area (Å²) in [5, 5.41) is 6.49. The molecular formula is C16H33IN4O. The number of likely N-dealkylation sites (tertiary alicyclic amines) is 1. The third-order valence-corrected chi connectivity index (χ3v) is 3.88. The highest BCUT2D eigenvalue weighted by Crippen LogP contribution is 2.15. The van der Waals surface area contributed by atoms with Crippen molar-refractivity contribution in [3.05, 3.63) is 0 Å². The van der Waals surface area contributed by atoms with E-state index in [4.69, 9.17) is 0 Å². The van der Waals surface area contributed by atoms with Gasteiger partial charge in [0.15, 0.2) is 5.96 Å². The highest BCUT2D eigenvalue weighted by molar-refractivity contribution is 14.0. The minimum atomic E-state index is 0. The number of carbonyl (C=O) groups excluding carboxylic acids is 1. The van der Waals surface area contributed by atoms with E-state index < -0.39 is 0 Å². The van der Waals surface area contributed by atoms with Gasteiger partial charge >= 0.3 is 0 Å². The Morgan fingerprint density at radius 2 is 2.00 bits per heavy atom. The number of hydrogen-bond acceptors (Lipinski definition) is 2. The maximum absolute atomic E-state index is 12.1. The molecule has 2 N–H and O–H groups in total. The molecule has 0 bridgehead atoms. The number of amides is 1. The number of rotatable bonds is 6. The Bertz CT molecular complexity index is 347. The van der Waals surface area contributed by atoms with Crippen molar-refractivity contribution in [2.45, 2.75) is 46.5 Å². The van der Waals surface area contributed by atoms with Gasteiger partial charge in [0.05, 0.1) is 0 Å². The number of carbonyl (C=O) groups is 1. The topological polar surface area (TPSA) is 56.7 Å². The van der Waals surface area contributed by atoms with Crippen LogP contribution < -0.4 is 10.6 Å². The molecule has 22 heavy (non-hydrogen) atoms. The standard InChI is InChI=1S/C16H32N4O.HI/c1-13(2)7-9-18-16(17-4)19-10-8-15(21)20-11-5-6-14(3)12-20;/h13-14H,5-12H2,1-4H3,(H2,17,18,19);1H. The maximum Gasteiger partial charge on any atom is 0.224 e. The molecule has 5 nitrogen and oxygen atoms in total. The minimum Gasteiger partial charge on any atom is -0.356 e. The maximum atomic E-state index is 12.1. The first-order valence-corrected chi connectivity index (χ1v) is 8.25. The van der Waals surface area contributed by atoms with Crippen LogP contribution >= 0.6 is 24.0 Å². The van der Waals surface area contributed by atoms with Gasteiger partial charge in [0.1, 0.15) is 0 Å². The van der Waals surface area contributed by atoms with E-state index in [2.05, 4.69) is 36.4 Å². The monoisotopic (exact) mass is 424 g/mol. The highest BCUT2D eigenvalue weighted by atomic mass is 127. The fraction of sp³-hybridized carbons (Fsp3) is 0.875. The van der Waals surface area contributed by atoms with E-state index in [0.717, 1.165) is 38.4 Å². The number of nitrogens with one attached hydrogen (secondary N) is 2. The van der Waals surface area contributed by atoms with Gasteiger partial charge in [-0.1, -0.05) is 20.8 Å². The van der Waals surface area contributed by atoms with E-state index in [1.165, 1.54) is 6.42 Å². The summed E-state index contributed by atoms with van der Waals surface area (Å²) in [6.45, 7) is 10.0. The summed E-state index contributed by atoms with van der Waals surface area (Å²) < 4.78 is 0. The Morgan fingerprint density at radius 3 is 2.59 bits per heavy atom. The largest absolute Gasteiger partial charge is 0.356 e. The van der Waals surface area contributed by atoms with Gasteiger partial charge in [0, 0.05) is 39.6 Å². The Balaban J connectivity index is 0.00000441. The van der Waals surface area contributed by atoms with Gasteiger partial charge in [-0.2, -0.15) is 0 Å². The van der Waals surface area contributed by atoms with Crippen LogP contribution in [0.2, 0.25) is 0 Å². The zero-order chi connectivity index (χ0) is 15.7. The summed E-state index contributed by atoms with van der Waals surface area (Å²) in [6.07, 6.45) is 4.04. The van der Waals surface area contributed by atoms with Gasteiger partial charge in [-0.15, -0.1) is 24.0 Å². The first-order valence-electron chi connectivity index (χ1n) is 8.25. The molecule has 0 aromatic heterocycles. The molecule has 0 radical (unpaired) electrons. The van der Waals surface area contributed by atoms with Crippen LogP contribution in [0.1, 0.15) is 46.5 Å². The molecule has 1 fully saturated rings. The number of guanidine groups is 1. The third-order valence-electron chi connectivity index (χ3n) is 3.88. The van der Waals surface area contributed by atoms with Crippen LogP contribution in [0, 0.1) is 11.8 Å². The van der Waals surface area contributed by atoms with Crippen LogP contribution in [0.3, 0.4) is 0 Å². The lowest BCUT2D eigenvalue weighted by Crippen LogP contribution is -2.42. The summed E-state index contributed by atoms with van der Waals surface area (Å²) >= 11 is 0. The summed E-state index contributed by atoms with van der Waals surface area (Å²) in [7, 11) is 1.76. The zero-order valence-corrected chi connectivity index (χ0v) is 16.9. The summed E-state index contributed by atoms with van der Waals surface area (Å²) in [5.41, 5.74) is 0. The highest BCUT2D eigenvalue weighted by Gasteiger charge is 2.20. The number of nitrogens with zero attached hydrogens (tertiary/aromatic N) is 2. The van der Waals surface area contributed by atoms with Crippen molar-refractivity contribution < 1.29 is 4.79 Å². The molecule has 0 aromatic rings. The fourth-order valence-electron chi connectivity index (χ4n) is 2.56. The molecule has 1 unspecified atom stereocenters. The van der Waals surface area contributed by atoms with Crippen molar-refractivity contribution in [2.75, 3.05) is 33.2 Å². The lowest BCUT2D eigenvalue weighted by Gasteiger charge is -2.31. The second-order valence-corrected chi connectivity index (χ2v) is 6.45. The molecule has 1 saturated heterocycles. The van der Waals surface area contributed by atoms with Gasteiger partial charge in [-0.05, 0) is 31.1 Å². The molecule has 1 rings (SSSR count). The molecule has 0 aliphatic carbocycles. The minimum absolute atomic E-state index is 0. The Labute approximate surface area is 152 Å². The van der Waals surface area contributed by atoms with Crippen molar-refractivity contribution in [2.24, 2.45) is 16.8 Å². The van der Waals surface area contributed by atoms with Crippen LogP contribution in [0.4, 0.5) is 0 Å². The summed E-state index contributed by atoms with van der Waals surface area (Å²) in [4.78, 5) is 18.3. The van der Waals surface area contributed by atoms with Gasteiger partial charge < -0.3 is 15.5 Å². The predicted octanol–water partition coefficient (Wildman–Crippen LogP) is 2.46. The SMILES string of the molecule is CN=C(NCCC(=O)N1CCCC(C)C1)NCCC(C)C.I. The zero-order valence-electron chi connectivity index (χ0n) is 14.5. The number of halogens is 1. The molecule has 1 aliphatic heterocycles. The van der Waals surface area contributed by atoms with Crippen LogP contribution in [-0.4, -0.2) is 50.0 Å². The molecule has 6 heteroatoms. The Kier molecular flexibility index (Phi) is 11.7. The molecule has 130 valence electrons.